The molecule has 148 valence electrons. The van der Waals surface area contributed by atoms with Gasteiger partial charge in [0.15, 0.2) is 9.84 Å². The number of halogens is 1. The van der Waals surface area contributed by atoms with Gasteiger partial charge in [-0.15, -0.1) is 11.3 Å². The minimum Gasteiger partial charge on any atom is -0.266 e. The van der Waals surface area contributed by atoms with E-state index in [-0.39, 0.29) is 28.5 Å². The second kappa shape index (κ2) is 7.40. The fraction of sp³-hybridized carbons (Fsp3) is 0.400. The third kappa shape index (κ3) is 3.63. The van der Waals surface area contributed by atoms with Crippen molar-refractivity contribution in [2.75, 3.05) is 5.75 Å². The van der Waals surface area contributed by atoms with E-state index >= 15 is 0 Å². The number of thiophene rings is 1. The van der Waals surface area contributed by atoms with Crippen molar-refractivity contribution in [2.45, 2.75) is 43.9 Å². The van der Waals surface area contributed by atoms with Crippen molar-refractivity contribution in [1.29, 1.82) is 0 Å². The maximum atomic E-state index is 13.6. The fourth-order valence-corrected chi connectivity index (χ4v) is 6.39. The number of aryl methyl sites for hydroxylation is 1. The summed E-state index contributed by atoms with van der Waals surface area (Å²) in [5, 5.41) is 4.14. The molecule has 0 saturated heterocycles. The van der Waals surface area contributed by atoms with Crippen LogP contribution in [0.15, 0.2) is 34.3 Å². The number of nitrogens with zero attached hydrogens (tertiary/aromatic N) is 1. The Balaban J connectivity index is 1.56. The van der Waals surface area contributed by atoms with Gasteiger partial charge in [-0.3, -0.25) is 4.79 Å². The van der Waals surface area contributed by atoms with E-state index in [1.54, 1.807) is 0 Å². The first-order valence-electron chi connectivity index (χ1n) is 9.38. The van der Waals surface area contributed by atoms with Crippen molar-refractivity contribution in [3.63, 3.8) is 0 Å². The van der Waals surface area contributed by atoms with Crippen molar-refractivity contribution in [3.8, 4) is 0 Å². The van der Waals surface area contributed by atoms with E-state index < -0.39 is 15.7 Å². The van der Waals surface area contributed by atoms with Crippen LogP contribution in [0.3, 0.4) is 0 Å². The SMILES string of the molecule is CCC1CCc2sc(C(=O)N/N=C3/CCS(=O)(=O)c4ccc(F)cc43)cc2C1. The van der Waals surface area contributed by atoms with Crippen LogP contribution in [-0.2, 0) is 22.7 Å². The number of hydrogen-bond acceptors (Lipinski definition) is 5. The van der Waals surface area contributed by atoms with Crippen molar-refractivity contribution >= 4 is 32.8 Å². The molecule has 2 aromatic rings. The average molecular weight is 421 g/mol. The summed E-state index contributed by atoms with van der Waals surface area (Å²) in [4.78, 5) is 14.5. The minimum atomic E-state index is -3.45. The summed E-state index contributed by atoms with van der Waals surface area (Å²) in [6.07, 6.45) is 4.45. The van der Waals surface area contributed by atoms with E-state index in [0.717, 1.165) is 37.8 Å². The average Bonchev–Trinajstić information content (AvgIpc) is 3.10. The number of hydrazone groups is 1. The molecular weight excluding hydrogens is 399 g/mol. The molecule has 1 amide bonds. The molecule has 0 fully saturated rings. The molecule has 0 spiro atoms. The zero-order valence-electron chi connectivity index (χ0n) is 15.5. The quantitative estimate of drug-likeness (QED) is 0.607. The smallest absolute Gasteiger partial charge is 0.266 e. The molecule has 2 aliphatic rings. The van der Waals surface area contributed by atoms with E-state index in [4.69, 9.17) is 0 Å². The van der Waals surface area contributed by atoms with Crippen molar-refractivity contribution in [3.05, 3.63) is 51.0 Å². The summed E-state index contributed by atoms with van der Waals surface area (Å²) in [5.41, 5.74) is 4.38. The molecule has 1 aliphatic heterocycles. The highest BCUT2D eigenvalue weighted by atomic mass is 32.2. The number of carbonyl (C=O) groups excluding carboxylic acids is 1. The molecule has 0 saturated carbocycles. The maximum Gasteiger partial charge on any atom is 0.281 e. The monoisotopic (exact) mass is 420 g/mol. The van der Waals surface area contributed by atoms with Gasteiger partial charge < -0.3 is 0 Å². The van der Waals surface area contributed by atoms with Gasteiger partial charge in [-0.2, -0.15) is 5.10 Å². The van der Waals surface area contributed by atoms with Crippen LogP contribution in [-0.4, -0.2) is 25.8 Å². The zero-order chi connectivity index (χ0) is 19.9. The highest BCUT2D eigenvalue weighted by molar-refractivity contribution is 7.91. The van der Waals surface area contributed by atoms with Crippen molar-refractivity contribution < 1.29 is 17.6 Å². The Morgan fingerprint density at radius 3 is 2.93 bits per heavy atom. The van der Waals surface area contributed by atoms with E-state index in [1.165, 1.54) is 27.8 Å². The Morgan fingerprint density at radius 1 is 1.32 bits per heavy atom. The van der Waals surface area contributed by atoms with Crippen molar-refractivity contribution in [2.24, 2.45) is 11.0 Å². The van der Waals surface area contributed by atoms with E-state index in [1.807, 2.05) is 6.07 Å². The van der Waals surface area contributed by atoms with E-state index in [0.29, 0.717) is 16.5 Å². The Bertz CT molecular complexity index is 1070. The van der Waals surface area contributed by atoms with Gasteiger partial charge >= 0.3 is 0 Å². The molecule has 0 radical (unpaired) electrons. The topological polar surface area (TPSA) is 75.6 Å². The van der Waals surface area contributed by atoms with Gasteiger partial charge in [0.2, 0.25) is 0 Å². The number of fused-ring (bicyclic) bond motifs is 2. The predicted octanol–water partition coefficient (Wildman–Crippen LogP) is 3.71. The third-order valence-corrected chi connectivity index (χ3v) is 8.48. The Morgan fingerprint density at radius 2 is 2.14 bits per heavy atom. The number of sulfone groups is 1. The highest BCUT2D eigenvalue weighted by Crippen LogP contribution is 2.33. The summed E-state index contributed by atoms with van der Waals surface area (Å²) >= 11 is 1.49. The molecule has 8 heteroatoms. The maximum absolute atomic E-state index is 13.6. The summed E-state index contributed by atoms with van der Waals surface area (Å²) in [5.74, 6) is -0.280. The lowest BCUT2D eigenvalue weighted by Gasteiger charge is -2.19. The van der Waals surface area contributed by atoms with Gasteiger partial charge in [0.1, 0.15) is 5.82 Å². The summed E-state index contributed by atoms with van der Waals surface area (Å²) in [7, 11) is -3.45. The molecule has 1 aliphatic carbocycles. The molecule has 4 rings (SSSR count). The van der Waals surface area contributed by atoms with Crippen LogP contribution in [0.4, 0.5) is 4.39 Å². The second-order valence-electron chi connectivity index (χ2n) is 7.28. The number of hydrogen-bond donors (Lipinski definition) is 1. The number of carbonyl (C=O) groups is 1. The lowest BCUT2D eigenvalue weighted by atomic mass is 9.87. The van der Waals surface area contributed by atoms with Crippen LogP contribution in [0, 0.1) is 11.7 Å². The van der Waals surface area contributed by atoms with Crippen LogP contribution in [0.1, 0.15) is 51.9 Å². The largest absolute Gasteiger partial charge is 0.281 e. The molecule has 5 nitrogen and oxygen atoms in total. The van der Waals surface area contributed by atoms with Gasteiger partial charge in [0.05, 0.1) is 21.2 Å². The molecule has 28 heavy (non-hydrogen) atoms. The molecule has 1 aromatic carbocycles. The zero-order valence-corrected chi connectivity index (χ0v) is 17.1. The normalized spacial score (nSPS) is 21.8. The fourth-order valence-electron chi connectivity index (χ4n) is 3.82. The van der Waals surface area contributed by atoms with Crippen LogP contribution in [0.5, 0.6) is 0 Å². The summed E-state index contributed by atoms with van der Waals surface area (Å²) < 4.78 is 38.0. The molecule has 0 bridgehead atoms. The first-order chi connectivity index (χ1) is 13.4. The molecule has 1 unspecified atom stereocenters. The number of nitrogens with one attached hydrogen (secondary N) is 1. The summed E-state index contributed by atoms with van der Waals surface area (Å²) in [6.45, 7) is 2.19. The third-order valence-electron chi connectivity index (χ3n) is 5.47. The van der Waals surface area contributed by atoms with Gasteiger partial charge in [-0.25, -0.2) is 18.2 Å². The summed E-state index contributed by atoms with van der Waals surface area (Å²) in [6, 6.07) is 5.48. The molecular formula is C20H21FN2O3S2. The Kier molecular flexibility index (Phi) is 5.09. The van der Waals surface area contributed by atoms with Gasteiger partial charge in [0, 0.05) is 16.9 Å². The van der Waals surface area contributed by atoms with Crippen LogP contribution in [0.25, 0.3) is 0 Å². The van der Waals surface area contributed by atoms with Gasteiger partial charge in [-0.1, -0.05) is 13.3 Å². The van der Waals surface area contributed by atoms with E-state index in [2.05, 4.69) is 17.5 Å². The highest BCUT2D eigenvalue weighted by Gasteiger charge is 2.28. The molecule has 2 heterocycles. The van der Waals surface area contributed by atoms with Crippen LogP contribution in [0.2, 0.25) is 0 Å². The second-order valence-corrected chi connectivity index (χ2v) is 10.5. The standard InChI is InChI=1S/C20H21FN2O3S2/c1-2-12-3-5-17-13(9-12)10-18(27-17)20(24)23-22-16-7-8-28(25,26)19-6-4-14(21)11-15(16)19/h4,6,10-12H,2-3,5,7-9H2,1H3,(H,23,24)/b22-16-. The molecule has 1 aromatic heterocycles. The predicted molar refractivity (Wildman–Crippen MR) is 107 cm³/mol. The lowest BCUT2D eigenvalue weighted by molar-refractivity contribution is 0.0958. The Hall–Kier alpha value is -2.06. The van der Waals surface area contributed by atoms with Crippen LogP contribution >= 0.6 is 11.3 Å². The first-order valence-corrected chi connectivity index (χ1v) is 11.9. The number of rotatable bonds is 3. The lowest BCUT2D eigenvalue weighted by Crippen LogP contribution is -2.26. The molecule has 1 atom stereocenters. The number of benzene rings is 1. The first kappa shape index (κ1) is 19.3. The van der Waals surface area contributed by atoms with Gasteiger partial charge in [0.25, 0.3) is 5.91 Å². The van der Waals surface area contributed by atoms with Crippen LogP contribution < -0.4 is 5.43 Å². The van der Waals surface area contributed by atoms with Gasteiger partial charge in [-0.05, 0) is 55.0 Å². The van der Waals surface area contributed by atoms with Crippen molar-refractivity contribution in [1.82, 2.24) is 5.43 Å². The van der Waals surface area contributed by atoms with E-state index in [9.17, 15) is 17.6 Å². The number of amides is 1. The minimum absolute atomic E-state index is 0.0605. The molecule has 1 N–H and O–H groups in total. The Labute approximate surface area is 167 Å².